The van der Waals surface area contributed by atoms with Crippen LogP contribution >= 0.6 is 0 Å². The molecule has 1 aromatic rings. The van der Waals surface area contributed by atoms with Gasteiger partial charge in [-0.05, 0) is 24.3 Å². The average molecular weight is 221 g/mol. The first-order valence-corrected chi connectivity index (χ1v) is 5.59. The van der Waals surface area contributed by atoms with Crippen LogP contribution < -0.4 is 5.73 Å². The molecule has 0 aliphatic heterocycles. The Morgan fingerprint density at radius 2 is 2.00 bits per heavy atom. The summed E-state index contributed by atoms with van der Waals surface area (Å²) in [6.45, 7) is 0.368. The zero-order valence-corrected chi connectivity index (χ0v) is 9.69. The minimum absolute atomic E-state index is 0.248. The van der Waals surface area contributed by atoms with Crippen molar-refractivity contribution in [2.45, 2.75) is 25.2 Å². The Balaban J connectivity index is 0.000000168. The fraction of sp³-hybridized carbons (Fsp3) is 0.462. The molecule has 2 N–H and O–H groups in total. The first kappa shape index (κ1) is 12.7. The molecule has 1 saturated carbocycles. The number of methoxy groups -OCH3 is 1. The van der Waals surface area contributed by atoms with E-state index < -0.39 is 0 Å². The van der Waals surface area contributed by atoms with E-state index in [0.29, 0.717) is 13.0 Å². The van der Waals surface area contributed by atoms with Gasteiger partial charge in [0, 0.05) is 6.54 Å². The van der Waals surface area contributed by atoms with Gasteiger partial charge in [-0.25, -0.2) is 0 Å². The van der Waals surface area contributed by atoms with E-state index in [0.717, 1.165) is 5.92 Å². The van der Waals surface area contributed by atoms with E-state index in [2.05, 4.69) is 35.1 Å². The Labute approximate surface area is 96.6 Å². The molecule has 0 aromatic heterocycles. The molecule has 0 heterocycles. The Morgan fingerprint density at radius 1 is 1.38 bits per heavy atom. The number of hydrogen-bond donors (Lipinski definition) is 1. The highest BCUT2D eigenvalue weighted by atomic mass is 16.5. The van der Waals surface area contributed by atoms with Crippen LogP contribution in [0.25, 0.3) is 0 Å². The highest BCUT2D eigenvalue weighted by Gasteiger charge is 2.22. The first-order chi connectivity index (χ1) is 7.77. The highest BCUT2D eigenvalue weighted by Crippen LogP contribution is 2.39. The summed E-state index contributed by atoms with van der Waals surface area (Å²) < 4.78 is 4.27. The van der Waals surface area contributed by atoms with Gasteiger partial charge in [0.05, 0.1) is 13.5 Å². The number of esters is 1. The summed E-state index contributed by atoms with van der Waals surface area (Å²) in [5, 5.41) is 0. The summed E-state index contributed by atoms with van der Waals surface area (Å²) in [5.74, 6) is 0.661. The van der Waals surface area contributed by atoms with Crippen LogP contribution in [0, 0.1) is 0 Å². The number of benzene rings is 1. The molecule has 1 aliphatic rings. The number of ether oxygens (including phenoxy) is 1. The van der Waals surface area contributed by atoms with Gasteiger partial charge in [-0.2, -0.15) is 0 Å². The molecular formula is C13H19NO2. The standard InChI is InChI=1S/C9H10.C4H9NO2/c1-2-4-8(5-3-1)9-6-7-9;1-7-4(6)2-3-5/h1-5,9H,6-7H2;2-3,5H2,1H3. The molecule has 3 heteroatoms. The van der Waals surface area contributed by atoms with Crippen molar-refractivity contribution in [3.8, 4) is 0 Å². The van der Waals surface area contributed by atoms with Gasteiger partial charge in [-0.1, -0.05) is 30.3 Å². The Kier molecular flexibility index (Phi) is 5.57. The minimum atomic E-state index is -0.248. The molecular weight excluding hydrogens is 202 g/mol. The molecule has 16 heavy (non-hydrogen) atoms. The Bertz CT molecular complexity index is 307. The molecule has 1 fully saturated rings. The summed E-state index contributed by atoms with van der Waals surface area (Å²) in [4.78, 5) is 10.1. The van der Waals surface area contributed by atoms with Crippen LogP contribution in [0.1, 0.15) is 30.7 Å². The van der Waals surface area contributed by atoms with Crippen LogP contribution in [0.4, 0.5) is 0 Å². The molecule has 0 unspecified atom stereocenters. The molecule has 0 radical (unpaired) electrons. The third kappa shape index (κ3) is 4.94. The molecule has 3 nitrogen and oxygen atoms in total. The predicted octanol–water partition coefficient (Wildman–Crippen LogP) is 2.07. The summed E-state index contributed by atoms with van der Waals surface area (Å²) >= 11 is 0. The fourth-order valence-corrected chi connectivity index (χ4v) is 1.36. The number of carbonyl (C=O) groups is 1. The largest absolute Gasteiger partial charge is 0.469 e. The van der Waals surface area contributed by atoms with Gasteiger partial charge in [0.1, 0.15) is 0 Å². The lowest BCUT2D eigenvalue weighted by Gasteiger charge is -1.92. The van der Waals surface area contributed by atoms with Crippen molar-refractivity contribution in [3.63, 3.8) is 0 Å². The van der Waals surface area contributed by atoms with Crippen molar-refractivity contribution < 1.29 is 9.53 Å². The van der Waals surface area contributed by atoms with E-state index in [4.69, 9.17) is 5.73 Å². The quantitative estimate of drug-likeness (QED) is 0.795. The molecule has 88 valence electrons. The summed E-state index contributed by atoms with van der Waals surface area (Å²) in [5.41, 5.74) is 6.53. The highest BCUT2D eigenvalue weighted by molar-refractivity contribution is 5.69. The second-order valence-corrected chi connectivity index (χ2v) is 3.80. The summed E-state index contributed by atoms with van der Waals surface area (Å²) in [7, 11) is 1.35. The van der Waals surface area contributed by atoms with Gasteiger partial charge >= 0.3 is 5.97 Å². The van der Waals surface area contributed by atoms with E-state index >= 15 is 0 Å². The van der Waals surface area contributed by atoms with Crippen molar-refractivity contribution in [3.05, 3.63) is 35.9 Å². The molecule has 0 spiro atoms. The lowest BCUT2D eigenvalue weighted by Crippen LogP contribution is -2.08. The maximum Gasteiger partial charge on any atom is 0.306 e. The predicted molar refractivity (Wildman–Crippen MR) is 64.1 cm³/mol. The fourth-order valence-electron chi connectivity index (χ4n) is 1.36. The Hall–Kier alpha value is -1.35. The molecule has 0 atom stereocenters. The normalized spacial score (nSPS) is 13.6. The second kappa shape index (κ2) is 7.01. The minimum Gasteiger partial charge on any atom is -0.469 e. The number of rotatable bonds is 3. The smallest absolute Gasteiger partial charge is 0.306 e. The lowest BCUT2D eigenvalue weighted by atomic mass is 10.1. The zero-order chi connectivity index (χ0) is 11.8. The second-order valence-electron chi connectivity index (χ2n) is 3.80. The van der Waals surface area contributed by atoms with Gasteiger partial charge in [-0.3, -0.25) is 4.79 Å². The van der Waals surface area contributed by atoms with Crippen molar-refractivity contribution in [1.82, 2.24) is 0 Å². The SMILES string of the molecule is COC(=O)CCN.c1ccc(C2CC2)cc1. The van der Waals surface area contributed by atoms with Crippen molar-refractivity contribution in [1.29, 1.82) is 0 Å². The van der Waals surface area contributed by atoms with Crippen LogP contribution in [0.2, 0.25) is 0 Å². The van der Waals surface area contributed by atoms with Crippen molar-refractivity contribution in [2.75, 3.05) is 13.7 Å². The van der Waals surface area contributed by atoms with Crippen LogP contribution in [0.5, 0.6) is 0 Å². The number of carbonyl (C=O) groups excluding carboxylic acids is 1. The lowest BCUT2D eigenvalue weighted by molar-refractivity contribution is -0.140. The van der Waals surface area contributed by atoms with Crippen LogP contribution in [0.3, 0.4) is 0 Å². The third-order valence-corrected chi connectivity index (χ3v) is 2.42. The molecule has 2 rings (SSSR count). The van der Waals surface area contributed by atoms with Crippen LogP contribution in [-0.2, 0) is 9.53 Å². The van der Waals surface area contributed by atoms with Crippen LogP contribution in [0.15, 0.2) is 30.3 Å². The van der Waals surface area contributed by atoms with Gasteiger partial charge in [0.15, 0.2) is 0 Å². The van der Waals surface area contributed by atoms with Gasteiger partial charge in [0.25, 0.3) is 0 Å². The number of hydrogen-bond acceptors (Lipinski definition) is 3. The maximum absolute atomic E-state index is 10.1. The van der Waals surface area contributed by atoms with Gasteiger partial charge in [-0.15, -0.1) is 0 Å². The molecule has 0 bridgehead atoms. The summed E-state index contributed by atoms with van der Waals surface area (Å²) in [6.07, 6.45) is 3.13. The summed E-state index contributed by atoms with van der Waals surface area (Å²) in [6, 6.07) is 10.8. The van der Waals surface area contributed by atoms with Crippen molar-refractivity contribution in [2.24, 2.45) is 5.73 Å². The van der Waals surface area contributed by atoms with Gasteiger partial charge < -0.3 is 10.5 Å². The zero-order valence-electron chi connectivity index (χ0n) is 9.69. The molecule has 0 saturated heterocycles. The van der Waals surface area contributed by atoms with Gasteiger partial charge in [0.2, 0.25) is 0 Å². The van der Waals surface area contributed by atoms with E-state index in [-0.39, 0.29) is 5.97 Å². The third-order valence-electron chi connectivity index (χ3n) is 2.42. The van der Waals surface area contributed by atoms with E-state index in [1.165, 1.54) is 25.5 Å². The first-order valence-electron chi connectivity index (χ1n) is 5.59. The van der Waals surface area contributed by atoms with E-state index in [1.807, 2.05) is 0 Å². The maximum atomic E-state index is 10.1. The molecule has 0 amide bonds. The Morgan fingerprint density at radius 3 is 2.38 bits per heavy atom. The van der Waals surface area contributed by atoms with Crippen molar-refractivity contribution >= 4 is 5.97 Å². The van der Waals surface area contributed by atoms with E-state index in [1.54, 1.807) is 0 Å². The number of nitrogens with two attached hydrogens (primary N) is 1. The van der Waals surface area contributed by atoms with Crippen LogP contribution in [-0.4, -0.2) is 19.6 Å². The molecule has 1 aromatic carbocycles. The molecule has 1 aliphatic carbocycles. The van der Waals surface area contributed by atoms with E-state index in [9.17, 15) is 4.79 Å². The topological polar surface area (TPSA) is 52.3 Å². The monoisotopic (exact) mass is 221 g/mol. The average Bonchev–Trinajstić information content (AvgIpc) is 3.15.